The molecule has 0 aromatic carbocycles. The quantitative estimate of drug-likeness (QED) is 0.719. The fraction of sp³-hybridized carbons (Fsp3) is 0.533. The third-order valence-corrected chi connectivity index (χ3v) is 3.34. The molecular weight excluding hydrogens is 194 g/mol. The average Bonchev–Trinajstić information content (AvgIpc) is 2.29. The average molecular weight is 217 g/mol. The number of rotatable bonds is 4. The van der Waals surface area contributed by atoms with E-state index >= 15 is 0 Å². The molecule has 1 heteroatoms. The summed E-state index contributed by atoms with van der Waals surface area (Å²) < 4.78 is 0. The van der Waals surface area contributed by atoms with Crippen molar-refractivity contribution in [2.75, 3.05) is 0 Å². The van der Waals surface area contributed by atoms with Crippen LogP contribution < -0.4 is 0 Å². The molecule has 0 radical (unpaired) electrons. The van der Waals surface area contributed by atoms with E-state index in [0.29, 0.717) is 0 Å². The number of aromatic nitrogens is 1. The molecule has 0 spiro atoms. The Morgan fingerprint density at radius 3 is 2.62 bits per heavy atom. The van der Waals surface area contributed by atoms with E-state index in [-0.39, 0.29) is 5.41 Å². The van der Waals surface area contributed by atoms with Crippen molar-refractivity contribution in [1.29, 1.82) is 0 Å². The van der Waals surface area contributed by atoms with E-state index in [1.54, 1.807) is 0 Å². The predicted octanol–water partition coefficient (Wildman–Crippen LogP) is 4.58. The number of hydrogen-bond acceptors (Lipinski definition) is 1. The van der Waals surface area contributed by atoms with Crippen molar-refractivity contribution in [2.45, 2.75) is 52.9 Å². The second kappa shape index (κ2) is 5.29. The highest BCUT2D eigenvalue weighted by Gasteiger charge is 2.18. The largest absolute Gasteiger partial charge is 0.257 e. The highest BCUT2D eigenvalue weighted by Crippen LogP contribution is 2.27. The molecule has 0 saturated carbocycles. The van der Waals surface area contributed by atoms with Crippen LogP contribution in [-0.2, 0) is 5.41 Å². The molecule has 0 unspecified atom stereocenters. The van der Waals surface area contributed by atoms with E-state index in [1.807, 2.05) is 6.20 Å². The van der Waals surface area contributed by atoms with Gasteiger partial charge in [0.2, 0.25) is 0 Å². The van der Waals surface area contributed by atoms with Crippen molar-refractivity contribution in [3.05, 3.63) is 35.7 Å². The van der Waals surface area contributed by atoms with Gasteiger partial charge in [0.05, 0.1) is 5.69 Å². The van der Waals surface area contributed by atoms with E-state index in [2.05, 4.69) is 57.8 Å². The zero-order valence-electron chi connectivity index (χ0n) is 11.2. The first-order valence-electron chi connectivity index (χ1n) is 6.15. The van der Waals surface area contributed by atoms with Crippen LogP contribution in [0.15, 0.2) is 24.4 Å². The maximum atomic E-state index is 4.44. The molecule has 0 saturated heterocycles. The van der Waals surface area contributed by atoms with Gasteiger partial charge < -0.3 is 0 Å². The van der Waals surface area contributed by atoms with Crippen molar-refractivity contribution in [3.8, 4) is 0 Å². The zero-order chi connectivity index (χ0) is 12.2. The first kappa shape index (κ1) is 13.0. The van der Waals surface area contributed by atoms with Crippen molar-refractivity contribution in [1.82, 2.24) is 4.98 Å². The smallest absolute Gasteiger partial charge is 0.0658 e. The summed E-state index contributed by atoms with van der Waals surface area (Å²) in [5, 5.41) is 0. The van der Waals surface area contributed by atoms with Crippen molar-refractivity contribution >= 4 is 5.57 Å². The van der Waals surface area contributed by atoms with Gasteiger partial charge in [-0.05, 0) is 48.4 Å². The van der Waals surface area contributed by atoms with E-state index < -0.39 is 0 Å². The molecule has 0 aliphatic rings. The summed E-state index contributed by atoms with van der Waals surface area (Å²) >= 11 is 0. The molecule has 0 fully saturated rings. The highest BCUT2D eigenvalue weighted by atomic mass is 14.7. The normalized spacial score (nSPS) is 12.9. The Morgan fingerprint density at radius 2 is 2.06 bits per heavy atom. The topological polar surface area (TPSA) is 12.9 Å². The van der Waals surface area contributed by atoms with Gasteiger partial charge in [0.25, 0.3) is 0 Å². The highest BCUT2D eigenvalue weighted by molar-refractivity contribution is 5.61. The Balaban J connectivity index is 3.09. The molecule has 1 nitrogen and oxygen atoms in total. The molecule has 1 aromatic rings. The number of allylic oxidation sites excluding steroid dienone is 2. The monoisotopic (exact) mass is 217 g/mol. The predicted molar refractivity (Wildman–Crippen MR) is 71.5 cm³/mol. The minimum atomic E-state index is 0.240. The van der Waals surface area contributed by atoms with Crippen molar-refractivity contribution < 1.29 is 0 Å². The Labute approximate surface area is 99.6 Å². The van der Waals surface area contributed by atoms with Crippen LogP contribution in [0, 0.1) is 0 Å². The minimum Gasteiger partial charge on any atom is -0.257 e. The van der Waals surface area contributed by atoms with Crippen LogP contribution in [0.4, 0.5) is 0 Å². The molecule has 88 valence electrons. The summed E-state index contributed by atoms with van der Waals surface area (Å²) in [6.07, 6.45) is 6.36. The second-order valence-electron chi connectivity index (χ2n) is 4.96. The molecule has 0 bridgehead atoms. The van der Waals surface area contributed by atoms with Crippen molar-refractivity contribution in [3.63, 3.8) is 0 Å². The van der Waals surface area contributed by atoms with Crippen LogP contribution in [0.1, 0.15) is 58.7 Å². The SMILES string of the molecule is CC/C=C(\C)c1cc(C(C)(C)CC)ccn1. The third-order valence-electron chi connectivity index (χ3n) is 3.34. The lowest BCUT2D eigenvalue weighted by molar-refractivity contribution is 0.505. The van der Waals surface area contributed by atoms with Crippen LogP contribution in [0.5, 0.6) is 0 Å². The van der Waals surface area contributed by atoms with Crippen LogP contribution in [-0.4, -0.2) is 4.98 Å². The lowest BCUT2D eigenvalue weighted by Gasteiger charge is -2.23. The molecule has 1 heterocycles. The molecule has 0 aliphatic carbocycles. The molecule has 0 aliphatic heterocycles. The maximum absolute atomic E-state index is 4.44. The summed E-state index contributed by atoms with van der Waals surface area (Å²) in [6.45, 7) is 11.1. The van der Waals surface area contributed by atoms with Gasteiger partial charge in [0, 0.05) is 6.20 Å². The van der Waals surface area contributed by atoms with Gasteiger partial charge in [0.1, 0.15) is 0 Å². The molecule has 0 N–H and O–H groups in total. The van der Waals surface area contributed by atoms with E-state index in [1.165, 1.54) is 11.1 Å². The summed E-state index contributed by atoms with van der Waals surface area (Å²) in [4.78, 5) is 4.44. The van der Waals surface area contributed by atoms with Crippen LogP contribution in [0.25, 0.3) is 5.57 Å². The van der Waals surface area contributed by atoms with E-state index in [0.717, 1.165) is 18.5 Å². The van der Waals surface area contributed by atoms with E-state index in [4.69, 9.17) is 0 Å². The van der Waals surface area contributed by atoms with Crippen LogP contribution in [0.3, 0.4) is 0 Å². The second-order valence-corrected chi connectivity index (χ2v) is 4.96. The standard InChI is InChI=1S/C15H23N/c1-6-8-12(3)14-11-13(9-10-16-14)15(4,5)7-2/h8-11H,6-7H2,1-5H3/b12-8+. The lowest BCUT2D eigenvalue weighted by Crippen LogP contribution is -2.15. The van der Waals surface area contributed by atoms with Gasteiger partial charge in [-0.2, -0.15) is 0 Å². The van der Waals surface area contributed by atoms with Gasteiger partial charge in [0.15, 0.2) is 0 Å². The van der Waals surface area contributed by atoms with E-state index in [9.17, 15) is 0 Å². The molecule has 1 rings (SSSR count). The fourth-order valence-electron chi connectivity index (χ4n) is 1.68. The van der Waals surface area contributed by atoms with Gasteiger partial charge in [-0.25, -0.2) is 0 Å². The molecule has 0 amide bonds. The van der Waals surface area contributed by atoms with Gasteiger partial charge in [-0.1, -0.05) is 33.8 Å². The summed E-state index contributed by atoms with van der Waals surface area (Å²) in [5.41, 5.74) is 4.01. The third kappa shape index (κ3) is 2.94. The number of pyridine rings is 1. The Hall–Kier alpha value is -1.11. The Bertz CT molecular complexity index is 375. The van der Waals surface area contributed by atoms with Crippen molar-refractivity contribution in [2.24, 2.45) is 0 Å². The van der Waals surface area contributed by atoms with Gasteiger partial charge in [-0.3, -0.25) is 4.98 Å². The van der Waals surface area contributed by atoms with Crippen LogP contribution in [0.2, 0.25) is 0 Å². The molecule has 1 aromatic heterocycles. The van der Waals surface area contributed by atoms with Crippen LogP contribution >= 0.6 is 0 Å². The summed E-state index contributed by atoms with van der Waals surface area (Å²) in [7, 11) is 0. The number of nitrogens with zero attached hydrogens (tertiary/aromatic N) is 1. The van der Waals surface area contributed by atoms with Gasteiger partial charge >= 0.3 is 0 Å². The molecule has 0 atom stereocenters. The maximum Gasteiger partial charge on any atom is 0.0658 e. The Morgan fingerprint density at radius 1 is 1.38 bits per heavy atom. The summed E-state index contributed by atoms with van der Waals surface area (Å²) in [5.74, 6) is 0. The summed E-state index contributed by atoms with van der Waals surface area (Å²) in [6, 6.07) is 4.36. The number of hydrogen-bond donors (Lipinski definition) is 0. The Kier molecular flexibility index (Phi) is 4.28. The first-order valence-corrected chi connectivity index (χ1v) is 6.15. The minimum absolute atomic E-state index is 0.240. The molecular formula is C15H23N. The first-order chi connectivity index (χ1) is 7.51. The molecule has 16 heavy (non-hydrogen) atoms. The lowest BCUT2D eigenvalue weighted by atomic mass is 9.82. The van der Waals surface area contributed by atoms with Gasteiger partial charge in [-0.15, -0.1) is 0 Å². The fourth-order valence-corrected chi connectivity index (χ4v) is 1.68. The zero-order valence-corrected chi connectivity index (χ0v) is 11.2.